The van der Waals surface area contributed by atoms with Gasteiger partial charge in [-0.1, -0.05) is 33.9 Å². The smallest absolute Gasteiger partial charge is 0.348 e. The molecule has 0 saturated carbocycles. The van der Waals surface area contributed by atoms with Gasteiger partial charge in [0.2, 0.25) is 5.72 Å². The molecule has 6 N–H and O–H groups in total. The SMILES string of the molecule is CC(=O)[C@@]1(n2cnc3c(N)[nH]c(=O)nc32)O[C@H](C(O)[Si](C)(C)C(C)(C)C)[C@@H](O)[C@H]1O. The van der Waals surface area contributed by atoms with Gasteiger partial charge >= 0.3 is 5.69 Å². The number of hydrogen-bond acceptors (Lipinski definition) is 9. The van der Waals surface area contributed by atoms with E-state index in [9.17, 15) is 24.9 Å². The molecule has 0 aromatic carbocycles. The summed E-state index contributed by atoms with van der Waals surface area (Å²) in [6.07, 6.45) is -3.37. The minimum Gasteiger partial charge on any atom is -0.394 e. The molecule has 3 heterocycles. The van der Waals surface area contributed by atoms with Crippen molar-refractivity contribution in [2.24, 2.45) is 0 Å². The molecular formula is C18H29N5O6Si. The molecular weight excluding hydrogens is 410 g/mol. The Balaban J connectivity index is 2.18. The molecule has 0 radical (unpaired) electrons. The highest BCUT2D eigenvalue weighted by atomic mass is 28.3. The third-order valence-electron chi connectivity index (χ3n) is 6.67. The highest BCUT2D eigenvalue weighted by Crippen LogP contribution is 2.45. The van der Waals surface area contributed by atoms with Crippen LogP contribution in [-0.2, 0) is 15.3 Å². The van der Waals surface area contributed by atoms with Crippen molar-refractivity contribution >= 4 is 30.8 Å². The molecule has 1 unspecified atom stereocenters. The number of imidazole rings is 1. The quantitative estimate of drug-likeness (QED) is 0.392. The summed E-state index contributed by atoms with van der Waals surface area (Å²) in [6, 6.07) is 0. The minimum absolute atomic E-state index is 0.0617. The molecule has 1 fully saturated rings. The summed E-state index contributed by atoms with van der Waals surface area (Å²) < 4.78 is 7.08. The zero-order valence-electron chi connectivity index (χ0n) is 17.9. The van der Waals surface area contributed by atoms with E-state index in [1.165, 1.54) is 13.3 Å². The molecule has 3 rings (SSSR count). The Morgan fingerprint density at radius 3 is 2.53 bits per heavy atom. The predicted molar refractivity (Wildman–Crippen MR) is 111 cm³/mol. The molecule has 1 aliphatic rings. The van der Waals surface area contributed by atoms with E-state index >= 15 is 0 Å². The van der Waals surface area contributed by atoms with Gasteiger partial charge in [0.1, 0.15) is 36.0 Å². The van der Waals surface area contributed by atoms with E-state index in [2.05, 4.69) is 15.0 Å². The van der Waals surface area contributed by atoms with Gasteiger partial charge in [-0.2, -0.15) is 4.98 Å². The number of nitrogens with zero attached hydrogens (tertiary/aromatic N) is 3. The van der Waals surface area contributed by atoms with Crippen LogP contribution in [0.5, 0.6) is 0 Å². The van der Waals surface area contributed by atoms with Gasteiger partial charge in [-0.3, -0.25) is 14.3 Å². The number of ketones is 1. The van der Waals surface area contributed by atoms with Crippen molar-refractivity contribution < 1.29 is 24.9 Å². The van der Waals surface area contributed by atoms with Crippen LogP contribution in [0, 0.1) is 0 Å². The maximum Gasteiger partial charge on any atom is 0.348 e. The number of nitrogen functional groups attached to an aromatic ring is 1. The largest absolute Gasteiger partial charge is 0.394 e. The van der Waals surface area contributed by atoms with Gasteiger partial charge in [0.05, 0.1) is 13.8 Å². The predicted octanol–water partition coefficient (Wildman–Crippen LogP) is -0.527. The van der Waals surface area contributed by atoms with Crippen LogP contribution >= 0.6 is 0 Å². The summed E-state index contributed by atoms with van der Waals surface area (Å²) in [5, 5.41) is 32.7. The molecule has 0 aliphatic carbocycles. The lowest BCUT2D eigenvalue weighted by Crippen LogP contribution is -2.57. The number of hydrogen-bond donors (Lipinski definition) is 5. The van der Waals surface area contributed by atoms with E-state index in [1.54, 1.807) is 0 Å². The van der Waals surface area contributed by atoms with Crippen LogP contribution in [0.3, 0.4) is 0 Å². The van der Waals surface area contributed by atoms with Crippen molar-refractivity contribution in [3.05, 3.63) is 16.8 Å². The standard InChI is InChI=1S/C18H29N5O6Si/c1-8(24)18(23-7-20-9-13(19)21-16(28)22-14(9)23)12(26)10(25)11(29-18)15(27)30(5,6)17(2,3)4/h7,10-12,15,25-27H,1-6H3,(H3,19,21,22,28)/t10-,11+,12-,15?,18-/m1/s1. The van der Waals surface area contributed by atoms with Gasteiger partial charge < -0.3 is 25.8 Å². The van der Waals surface area contributed by atoms with Crippen molar-refractivity contribution in [3.63, 3.8) is 0 Å². The van der Waals surface area contributed by atoms with Gasteiger partial charge in [-0.05, 0) is 12.0 Å². The molecule has 12 heteroatoms. The lowest BCUT2D eigenvalue weighted by molar-refractivity contribution is -0.173. The summed E-state index contributed by atoms with van der Waals surface area (Å²) in [6.45, 7) is 11.0. The third kappa shape index (κ3) is 3.02. The molecule has 1 aliphatic heterocycles. The van der Waals surface area contributed by atoms with Crippen LogP contribution in [-0.4, -0.2) is 72.7 Å². The number of aliphatic hydroxyl groups is 3. The number of aromatic nitrogens is 4. The van der Waals surface area contributed by atoms with Gasteiger partial charge in [-0.15, -0.1) is 0 Å². The maximum absolute atomic E-state index is 12.8. The molecule has 0 bridgehead atoms. The first-order valence-corrected chi connectivity index (χ1v) is 12.7. The summed E-state index contributed by atoms with van der Waals surface area (Å²) in [4.78, 5) is 34.8. The van der Waals surface area contributed by atoms with Crippen molar-refractivity contribution in [1.82, 2.24) is 19.5 Å². The van der Waals surface area contributed by atoms with Crippen molar-refractivity contribution in [1.29, 1.82) is 0 Å². The third-order valence-corrected chi connectivity index (χ3v) is 12.3. The fraction of sp³-hybridized carbons (Fsp3) is 0.667. The molecule has 5 atom stereocenters. The van der Waals surface area contributed by atoms with E-state index in [0.717, 1.165) is 4.57 Å². The normalized spacial score (nSPS) is 28.8. The summed E-state index contributed by atoms with van der Waals surface area (Å²) in [5.74, 6) is -0.715. The zero-order chi connectivity index (χ0) is 22.8. The Labute approximate surface area is 173 Å². The molecule has 30 heavy (non-hydrogen) atoms. The van der Waals surface area contributed by atoms with E-state index in [0.29, 0.717) is 0 Å². The number of aromatic amines is 1. The maximum atomic E-state index is 12.8. The second-order valence-corrected chi connectivity index (χ2v) is 15.0. The number of carbonyl (C=O) groups is 1. The molecule has 1 saturated heterocycles. The Morgan fingerprint density at radius 2 is 2.00 bits per heavy atom. The summed E-state index contributed by atoms with van der Waals surface area (Å²) in [5.41, 5.74) is 1.81. The van der Waals surface area contributed by atoms with E-state index in [1.807, 2.05) is 33.9 Å². The summed E-state index contributed by atoms with van der Waals surface area (Å²) >= 11 is 0. The lowest BCUT2D eigenvalue weighted by Gasteiger charge is -2.43. The van der Waals surface area contributed by atoms with Crippen LogP contribution in [0.25, 0.3) is 11.2 Å². The number of ether oxygens (including phenoxy) is 1. The number of Topliss-reactive ketones (excluding diaryl/α,β-unsaturated/α-hetero) is 1. The van der Waals surface area contributed by atoms with Crippen LogP contribution in [0.4, 0.5) is 5.82 Å². The van der Waals surface area contributed by atoms with Crippen LogP contribution < -0.4 is 11.4 Å². The first kappa shape index (κ1) is 22.6. The number of H-pyrrole nitrogens is 1. The minimum atomic E-state index is -2.47. The second kappa shape index (κ2) is 6.95. The average Bonchev–Trinajstić information content (AvgIpc) is 3.14. The molecule has 2 aromatic rings. The van der Waals surface area contributed by atoms with Gasteiger partial charge in [-0.25, -0.2) is 9.78 Å². The van der Waals surface area contributed by atoms with E-state index in [4.69, 9.17) is 10.5 Å². The first-order valence-electron chi connectivity index (χ1n) is 9.62. The fourth-order valence-corrected chi connectivity index (χ4v) is 5.68. The number of nitrogens with two attached hydrogens (primary N) is 1. The van der Waals surface area contributed by atoms with Gasteiger partial charge in [0.15, 0.2) is 11.4 Å². The first-order chi connectivity index (χ1) is 13.7. The van der Waals surface area contributed by atoms with Crippen molar-refractivity contribution in [2.75, 3.05) is 5.73 Å². The van der Waals surface area contributed by atoms with Crippen LogP contribution in [0.1, 0.15) is 27.7 Å². The van der Waals surface area contributed by atoms with Gasteiger partial charge in [0, 0.05) is 0 Å². The van der Waals surface area contributed by atoms with E-state index in [-0.39, 0.29) is 22.0 Å². The molecule has 2 aromatic heterocycles. The van der Waals surface area contributed by atoms with E-state index < -0.39 is 49.3 Å². The number of rotatable bonds is 4. The molecule has 11 nitrogen and oxygen atoms in total. The Morgan fingerprint density at radius 1 is 1.40 bits per heavy atom. The lowest BCUT2D eigenvalue weighted by atomic mass is 9.99. The Hall–Kier alpha value is -2.12. The number of carbonyl (C=O) groups excluding carboxylic acids is 1. The van der Waals surface area contributed by atoms with Crippen molar-refractivity contribution in [3.8, 4) is 0 Å². The second-order valence-electron chi connectivity index (χ2n) is 9.43. The highest BCUT2D eigenvalue weighted by Gasteiger charge is 2.63. The molecule has 0 spiro atoms. The number of aliphatic hydroxyl groups excluding tert-OH is 3. The Bertz CT molecular complexity index is 1040. The topological polar surface area (TPSA) is 177 Å². The number of fused-ring (bicyclic) bond motifs is 1. The van der Waals surface area contributed by atoms with Crippen molar-refractivity contribution in [2.45, 2.75) is 75.6 Å². The monoisotopic (exact) mass is 439 g/mol. The number of nitrogens with one attached hydrogen (secondary N) is 1. The highest BCUT2D eigenvalue weighted by molar-refractivity contribution is 6.81. The molecule has 166 valence electrons. The zero-order valence-corrected chi connectivity index (χ0v) is 18.9. The fourth-order valence-electron chi connectivity index (χ4n) is 3.70. The molecule has 0 amide bonds. The summed E-state index contributed by atoms with van der Waals surface area (Å²) in [7, 11) is -2.47. The van der Waals surface area contributed by atoms with Crippen LogP contribution in [0.2, 0.25) is 18.1 Å². The van der Waals surface area contributed by atoms with Gasteiger partial charge in [0.25, 0.3) is 0 Å². The average molecular weight is 440 g/mol. The number of anilines is 1. The Kier molecular flexibility index (Phi) is 5.23. The van der Waals surface area contributed by atoms with Crippen LogP contribution in [0.15, 0.2) is 11.1 Å².